The second-order valence-electron chi connectivity index (χ2n) is 5.34. The van der Waals surface area contributed by atoms with Crippen LogP contribution in [0.3, 0.4) is 0 Å². The molecule has 8 heteroatoms. The molecule has 0 spiro atoms. The summed E-state index contributed by atoms with van der Waals surface area (Å²) in [5.74, 6) is -0.402. The number of esters is 1. The van der Waals surface area contributed by atoms with Crippen LogP contribution in [0.1, 0.15) is 51.9 Å². The van der Waals surface area contributed by atoms with Gasteiger partial charge in [-0.05, 0) is 18.6 Å². The Balaban J connectivity index is 3.61. The first-order valence-electron chi connectivity index (χ1n) is 8.31. The largest absolute Gasteiger partial charge is 0.480 e. The number of rotatable bonds is 14. The van der Waals surface area contributed by atoms with Gasteiger partial charge in [-0.1, -0.05) is 32.6 Å². The Morgan fingerprint density at radius 3 is 2.46 bits per heavy atom. The highest BCUT2D eigenvalue weighted by Gasteiger charge is 2.19. The summed E-state index contributed by atoms with van der Waals surface area (Å²) in [7, 11) is 1.18. The molecule has 7 nitrogen and oxygen atoms in total. The molecule has 0 saturated carbocycles. The SMILES string of the molecule is CCCCCCCC(=O)OCCCSCC(NC(=O)OC)C(=O)O. The van der Waals surface area contributed by atoms with Gasteiger partial charge in [-0.15, -0.1) is 0 Å². The van der Waals surface area contributed by atoms with Crippen molar-refractivity contribution in [3.8, 4) is 0 Å². The number of alkyl carbamates (subject to hydrolysis) is 1. The molecule has 0 bridgehead atoms. The fraction of sp³-hybridized carbons (Fsp3) is 0.812. The first-order valence-corrected chi connectivity index (χ1v) is 9.47. The van der Waals surface area contributed by atoms with Gasteiger partial charge in [0.15, 0.2) is 0 Å². The van der Waals surface area contributed by atoms with Gasteiger partial charge in [-0.3, -0.25) is 4.79 Å². The molecular formula is C16H29NO6S. The number of carboxylic acids is 1. The zero-order valence-electron chi connectivity index (χ0n) is 14.5. The van der Waals surface area contributed by atoms with Crippen LogP contribution in [0.25, 0.3) is 0 Å². The Labute approximate surface area is 147 Å². The van der Waals surface area contributed by atoms with E-state index in [4.69, 9.17) is 9.84 Å². The number of hydrogen-bond donors (Lipinski definition) is 2. The molecule has 0 rings (SSSR count). The molecule has 0 fully saturated rings. The van der Waals surface area contributed by atoms with Crippen LogP contribution in [0.2, 0.25) is 0 Å². The van der Waals surface area contributed by atoms with E-state index in [1.54, 1.807) is 0 Å². The molecule has 0 aromatic carbocycles. The molecule has 140 valence electrons. The number of hydrogen-bond acceptors (Lipinski definition) is 6. The molecule has 1 amide bonds. The summed E-state index contributed by atoms with van der Waals surface area (Å²) < 4.78 is 9.50. The fourth-order valence-corrected chi connectivity index (χ4v) is 2.82. The Morgan fingerprint density at radius 1 is 1.12 bits per heavy atom. The molecule has 1 unspecified atom stereocenters. The normalized spacial score (nSPS) is 11.6. The van der Waals surface area contributed by atoms with Crippen molar-refractivity contribution in [1.29, 1.82) is 0 Å². The number of unbranched alkanes of at least 4 members (excludes halogenated alkanes) is 4. The summed E-state index contributed by atoms with van der Waals surface area (Å²) in [6.07, 6.45) is 5.81. The van der Waals surface area contributed by atoms with E-state index in [9.17, 15) is 14.4 Å². The van der Waals surface area contributed by atoms with Gasteiger partial charge >= 0.3 is 18.0 Å². The van der Waals surface area contributed by atoms with Gasteiger partial charge in [0.25, 0.3) is 0 Å². The third-order valence-electron chi connectivity index (χ3n) is 3.24. The number of carbonyl (C=O) groups is 3. The van der Waals surface area contributed by atoms with Gasteiger partial charge in [-0.2, -0.15) is 11.8 Å². The number of ether oxygens (including phenoxy) is 2. The number of carbonyl (C=O) groups excluding carboxylic acids is 2. The van der Waals surface area contributed by atoms with Gasteiger partial charge in [0.05, 0.1) is 13.7 Å². The highest BCUT2D eigenvalue weighted by atomic mass is 32.2. The average molecular weight is 363 g/mol. The molecule has 0 saturated heterocycles. The van der Waals surface area contributed by atoms with Crippen molar-refractivity contribution >= 4 is 29.8 Å². The van der Waals surface area contributed by atoms with E-state index in [0.29, 0.717) is 25.2 Å². The highest BCUT2D eigenvalue weighted by molar-refractivity contribution is 7.99. The molecule has 1 atom stereocenters. The number of carboxylic acid groups (broad SMARTS) is 1. The van der Waals surface area contributed by atoms with Crippen molar-refractivity contribution in [1.82, 2.24) is 5.32 Å². The van der Waals surface area contributed by atoms with E-state index >= 15 is 0 Å². The summed E-state index contributed by atoms with van der Waals surface area (Å²) in [6, 6.07) is -0.992. The quantitative estimate of drug-likeness (QED) is 0.361. The molecular weight excluding hydrogens is 334 g/mol. The molecule has 0 aliphatic heterocycles. The molecule has 0 aliphatic rings. The molecule has 0 aromatic rings. The van der Waals surface area contributed by atoms with Crippen molar-refractivity contribution in [2.24, 2.45) is 0 Å². The van der Waals surface area contributed by atoms with Crippen molar-refractivity contribution in [3.63, 3.8) is 0 Å². The Hall–Kier alpha value is -1.44. The van der Waals surface area contributed by atoms with Crippen LogP contribution >= 0.6 is 11.8 Å². The highest BCUT2D eigenvalue weighted by Crippen LogP contribution is 2.08. The standard InChI is InChI=1S/C16H29NO6S/c1-3-4-5-6-7-9-14(18)23-10-8-11-24-12-13(15(19)20)17-16(21)22-2/h13H,3-12H2,1-2H3,(H,17,21)(H,19,20). The lowest BCUT2D eigenvalue weighted by atomic mass is 10.1. The predicted molar refractivity (Wildman–Crippen MR) is 93.2 cm³/mol. The van der Waals surface area contributed by atoms with Crippen LogP contribution in [0, 0.1) is 0 Å². The second kappa shape index (κ2) is 15.1. The summed E-state index contributed by atoms with van der Waals surface area (Å²) in [4.78, 5) is 33.5. The van der Waals surface area contributed by atoms with Crippen LogP contribution in [0.15, 0.2) is 0 Å². The van der Waals surface area contributed by atoms with E-state index in [1.807, 2.05) is 0 Å². The third kappa shape index (κ3) is 13.0. The number of methoxy groups -OCH3 is 1. The molecule has 0 aromatic heterocycles. The number of thioether (sulfide) groups is 1. The van der Waals surface area contributed by atoms with E-state index in [1.165, 1.54) is 31.7 Å². The first-order chi connectivity index (χ1) is 11.5. The molecule has 0 radical (unpaired) electrons. The molecule has 24 heavy (non-hydrogen) atoms. The average Bonchev–Trinajstić information content (AvgIpc) is 2.56. The number of amides is 1. The van der Waals surface area contributed by atoms with Gasteiger partial charge in [0, 0.05) is 12.2 Å². The number of aliphatic carboxylic acids is 1. The monoisotopic (exact) mass is 363 g/mol. The zero-order valence-corrected chi connectivity index (χ0v) is 15.4. The second-order valence-corrected chi connectivity index (χ2v) is 6.49. The zero-order chi connectivity index (χ0) is 18.2. The maximum atomic E-state index is 11.5. The Morgan fingerprint density at radius 2 is 1.83 bits per heavy atom. The van der Waals surface area contributed by atoms with Crippen molar-refractivity contribution in [2.75, 3.05) is 25.2 Å². The third-order valence-corrected chi connectivity index (χ3v) is 4.39. The molecule has 2 N–H and O–H groups in total. The maximum Gasteiger partial charge on any atom is 0.407 e. The minimum atomic E-state index is -1.11. The van der Waals surface area contributed by atoms with Crippen molar-refractivity contribution in [2.45, 2.75) is 57.9 Å². The molecule has 0 heterocycles. The minimum Gasteiger partial charge on any atom is -0.480 e. The van der Waals surface area contributed by atoms with Crippen LogP contribution in [-0.2, 0) is 19.1 Å². The van der Waals surface area contributed by atoms with Crippen LogP contribution in [0.4, 0.5) is 4.79 Å². The van der Waals surface area contributed by atoms with Crippen molar-refractivity contribution in [3.05, 3.63) is 0 Å². The van der Waals surface area contributed by atoms with E-state index in [0.717, 1.165) is 19.3 Å². The van der Waals surface area contributed by atoms with E-state index < -0.39 is 18.1 Å². The maximum absolute atomic E-state index is 11.5. The van der Waals surface area contributed by atoms with Crippen LogP contribution in [0.5, 0.6) is 0 Å². The lowest BCUT2D eigenvalue weighted by molar-refractivity contribution is -0.143. The Kier molecular flexibility index (Phi) is 14.2. The lowest BCUT2D eigenvalue weighted by Gasteiger charge is -2.13. The molecule has 0 aliphatic carbocycles. The predicted octanol–water partition coefficient (Wildman–Crippen LogP) is 2.82. The van der Waals surface area contributed by atoms with Crippen LogP contribution < -0.4 is 5.32 Å². The summed E-state index contributed by atoms with van der Waals surface area (Å²) in [6.45, 7) is 2.49. The van der Waals surface area contributed by atoms with Gasteiger partial charge in [0.2, 0.25) is 0 Å². The lowest BCUT2D eigenvalue weighted by Crippen LogP contribution is -2.42. The van der Waals surface area contributed by atoms with E-state index in [-0.39, 0.29) is 11.7 Å². The van der Waals surface area contributed by atoms with Gasteiger partial charge < -0.3 is 19.9 Å². The first kappa shape index (κ1) is 22.6. The summed E-state index contributed by atoms with van der Waals surface area (Å²) >= 11 is 1.38. The minimum absolute atomic E-state index is 0.174. The Bertz CT molecular complexity index is 378. The number of nitrogens with one attached hydrogen (secondary N) is 1. The summed E-state index contributed by atoms with van der Waals surface area (Å²) in [5.41, 5.74) is 0. The summed E-state index contributed by atoms with van der Waals surface area (Å²) in [5, 5.41) is 11.2. The smallest absolute Gasteiger partial charge is 0.407 e. The van der Waals surface area contributed by atoms with E-state index in [2.05, 4.69) is 17.0 Å². The van der Waals surface area contributed by atoms with Crippen molar-refractivity contribution < 1.29 is 29.0 Å². The fourth-order valence-electron chi connectivity index (χ4n) is 1.87. The topological polar surface area (TPSA) is 102 Å². The van der Waals surface area contributed by atoms with Gasteiger partial charge in [0.1, 0.15) is 6.04 Å². The van der Waals surface area contributed by atoms with Crippen LogP contribution in [-0.4, -0.2) is 54.4 Å². The van der Waals surface area contributed by atoms with Gasteiger partial charge in [-0.25, -0.2) is 9.59 Å².